The van der Waals surface area contributed by atoms with Crippen LogP contribution >= 0.6 is 11.6 Å². The third kappa shape index (κ3) is 1.77. The number of carbonyl (C=O) groups is 1. The van der Waals surface area contributed by atoms with Crippen LogP contribution in [0.5, 0.6) is 0 Å². The Hall–Kier alpha value is -2.34. The number of aromatic nitrogens is 4. The molecule has 2 aromatic heterocycles. The molecular formula is C12H9ClN4O2. The number of benzene rings is 1. The summed E-state index contributed by atoms with van der Waals surface area (Å²) in [6, 6.07) is 5.33. The number of nitrogens with one attached hydrogen (secondary N) is 1. The van der Waals surface area contributed by atoms with Crippen LogP contribution in [0.25, 0.3) is 22.6 Å². The van der Waals surface area contributed by atoms with Crippen LogP contribution in [-0.2, 0) is 7.05 Å². The zero-order valence-corrected chi connectivity index (χ0v) is 10.6. The van der Waals surface area contributed by atoms with E-state index in [1.54, 1.807) is 23.7 Å². The van der Waals surface area contributed by atoms with E-state index in [4.69, 9.17) is 16.7 Å². The van der Waals surface area contributed by atoms with Gasteiger partial charge in [0.2, 0.25) is 0 Å². The molecule has 0 saturated heterocycles. The van der Waals surface area contributed by atoms with E-state index in [0.29, 0.717) is 22.1 Å². The van der Waals surface area contributed by atoms with E-state index in [9.17, 15) is 4.79 Å². The van der Waals surface area contributed by atoms with Gasteiger partial charge in [-0.1, -0.05) is 11.6 Å². The molecule has 0 atom stereocenters. The minimum Gasteiger partial charge on any atom is -0.477 e. The second-order valence-electron chi connectivity index (χ2n) is 4.06. The highest BCUT2D eigenvalue weighted by Gasteiger charge is 2.19. The lowest BCUT2D eigenvalue weighted by Gasteiger charge is -2.00. The molecule has 96 valence electrons. The van der Waals surface area contributed by atoms with Gasteiger partial charge in [0.1, 0.15) is 5.69 Å². The molecule has 0 unspecified atom stereocenters. The number of aromatic amines is 1. The van der Waals surface area contributed by atoms with Gasteiger partial charge < -0.3 is 14.7 Å². The summed E-state index contributed by atoms with van der Waals surface area (Å²) in [5.41, 5.74) is 1.88. The molecule has 2 N–H and O–H groups in total. The fourth-order valence-electron chi connectivity index (χ4n) is 2.01. The van der Waals surface area contributed by atoms with E-state index in [2.05, 4.69) is 15.0 Å². The molecule has 0 spiro atoms. The van der Waals surface area contributed by atoms with E-state index in [0.717, 1.165) is 5.52 Å². The Bertz CT molecular complexity index is 790. The third-order valence-electron chi connectivity index (χ3n) is 2.91. The van der Waals surface area contributed by atoms with Gasteiger partial charge in [-0.2, -0.15) is 0 Å². The topological polar surface area (TPSA) is 83.8 Å². The van der Waals surface area contributed by atoms with Crippen LogP contribution in [0, 0.1) is 0 Å². The lowest BCUT2D eigenvalue weighted by atomic mass is 10.3. The molecule has 0 radical (unpaired) electrons. The first-order chi connectivity index (χ1) is 9.08. The minimum atomic E-state index is -1.07. The lowest BCUT2D eigenvalue weighted by Crippen LogP contribution is -2.02. The number of carboxylic acid groups (broad SMARTS) is 1. The zero-order chi connectivity index (χ0) is 13.6. The van der Waals surface area contributed by atoms with E-state index < -0.39 is 5.97 Å². The van der Waals surface area contributed by atoms with Crippen molar-refractivity contribution in [1.82, 2.24) is 19.5 Å². The summed E-state index contributed by atoms with van der Waals surface area (Å²) in [7, 11) is 1.80. The molecule has 0 bridgehead atoms. The summed E-state index contributed by atoms with van der Waals surface area (Å²) in [5, 5.41) is 9.68. The molecule has 6 nitrogen and oxygen atoms in total. The first-order valence-electron chi connectivity index (χ1n) is 5.47. The Morgan fingerprint density at radius 1 is 1.47 bits per heavy atom. The average molecular weight is 277 g/mol. The van der Waals surface area contributed by atoms with Gasteiger partial charge in [0, 0.05) is 12.1 Å². The summed E-state index contributed by atoms with van der Waals surface area (Å²) in [6.45, 7) is 0. The number of nitrogens with zero attached hydrogens (tertiary/aromatic N) is 3. The van der Waals surface area contributed by atoms with Crippen molar-refractivity contribution in [3.05, 3.63) is 35.2 Å². The maximum absolute atomic E-state index is 11.1. The Morgan fingerprint density at radius 2 is 2.26 bits per heavy atom. The van der Waals surface area contributed by atoms with E-state index in [-0.39, 0.29) is 5.69 Å². The van der Waals surface area contributed by atoms with Crippen LogP contribution in [0.2, 0.25) is 5.02 Å². The van der Waals surface area contributed by atoms with Gasteiger partial charge in [0.15, 0.2) is 11.5 Å². The molecule has 19 heavy (non-hydrogen) atoms. The van der Waals surface area contributed by atoms with E-state index >= 15 is 0 Å². The normalized spacial score (nSPS) is 11.1. The number of H-pyrrole nitrogens is 1. The van der Waals surface area contributed by atoms with Crippen molar-refractivity contribution in [2.45, 2.75) is 0 Å². The minimum absolute atomic E-state index is 0.0181. The van der Waals surface area contributed by atoms with Crippen LogP contribution in [0.4, 0.5) is 0 Å². The smallest absolute Gasteiger partial charge is 0.354 e. The number of halogens is 1. The molecule has 0 saturated carbocycles. The molecule has 0 aliphatic heterocycles. The highest BCUT2D eigenvalue weighted by atomic mass is 35.5. The largest absolute Gasteiger partial charge is 0.477 e. The molecular weight excluding hydrogens is 268 g/mol. The Balaban J connectivity index is 2.28. The summed E-state index contributed by atoms with van der Waals surface area (Å²) in [5.74, 6) is -0.589. The van der Waals surface area contributed by atoms with Gasteiger partial charge in [-0.25, -0.2) is 14.8 Å². The molecule has 3 aromatic rings. The summed E-state index contributed by atoms with van der Waals surface area (Å²) >= 11 is 5.92. The quantitative estimate of drug-likeness (QED) is 0.752. The predicted octanol–water partition coefficient (Wildman–Crippen LogP) is 2.32. The van der Waals surface area contributed by atoms with Crippen molar-refractivity contribution in [3.63, 3.8) is 0 Å². The predicted molar refractivity (Wildman–Crippen MR) is 70.3 cm³/mol. The van der Waals surface area contributed by atoms with Gasteiger partial charge in [0.05, 0.1) is 17.4 Å². The number of aryl methyl sites for hydroxylation is 1. The SMILES string of the molecule is Cn1c(-c2nc[nH]c2C(=O)O)nc2cc(Cl)ccc21. The molecule has 1 aromatic carbocycles. The van der Waals surface area contributed by atoms with Crippen LogP contribution < -0.4 is 0 Å². The molecule has 3 rings (SSSR count). The van der Waals surface area contributed by atoms with Gasteiger partial charge >= 0.3 is 5.97 Å². The third-order valence-corrected chi connectivity index (χ3v) is 3.14. The number of imidazole rings is 2. The molecule has 0 fully saturated rings. The highest BCUT2D eigenvalue weighted by Crippen LogP contribution is 2.26. The molecule has 0 aliphatic carbocycles. The van der Waals surface area contributed by atoms with Crippen molar-refractivity contribution < 1.29 is 9.90 Å². The van der Waals surface area contributed by atoms with Gasteiger partial charge in [-0.05, 0) is 18.2 Å². The van der Waals surface area contributed by atoms with Crippen molar-refractivity contribution in [3.8, 4) is 11.5 Å². The Kier molecular flexibility index (Phi) is 2.53. The summed E-state index contributed by atoms with van der Waals surface area (Å²) in [4.78, 5) is 22.1. The van der Waals surface area contributed by atoms with Crippen molar-refractivity contribution in [1.29, 1.82) is 0 Å². The van der Waals surface area contributed by atoms with Gasteiger partial charge in [0.25, 0.3) is 0 Å². The Labute approximate surface area is 112 Å². The molecule has 2 heterocycles. The zero-order valence-electron chi connectivity index (χ0n) is 9.88. The van der Waals surface area contributed by atoms with Crippen LogP contribution in [0.15, 0.2) is 24.5 Å². The monoisotopic (exact) mass is 276 g/mol. The maximum Gasteiger partial charge on any atom is 0.354 e. The van der Waals surface area contributed by atoms with E-state index in [1.165, 1.54) is 6.33 Å². The fraction of sp³-hybridized carbons (Fsp3) is 0.0833. The van der Waals surface area contributed by atoms with Crippen molar-refractivity contribution in [2.24, 2.45) is 7.05 Å². The number of aromatic carboxylic acids is 1. The highest BCUT2D eigenvalue weighted by molar-refractivity contribution is 6.31. The maximum atomic E-state index is 11.1. The average Bonchev–Trinajstić information content (AvgIpc) is 2.94. The number of rotatable bonds is 2. The molecule has 0 aliphatic rings. The van der Waals surface area contributed by atoms with Crippen molar-refractivity contribution in [2.75, 3.05) is 0 Å². The van der Waals surface area contributed by atoms with Crippen LogP contribution in [-0.4, -0.2) is 30.6 Å². The summed E-state index contributed by atoms with van der Waals surface area (Å²) in [6.07, 6.45) is 1.34. The van der Waals surface area contributed by atoms with Crippen LogP contribution in [0.3, 0.4) is 0 Å². The molecule has 7 heteroatoms. The summed E-state index contributed by atoms with van der Waals surface area (Å²) < 4.78 is 1.79. The standard InChI is InChI=1S/C12H9ClN4O2/c1-17-8-3-2-6(13)4-7(8)16-11(17)9-10(12(18)19)15-5-14-9/h2-5H,1H3,(H,14,15)(H,18,19). The van der Waals surface area contributed by atoms with Crippen molar-refractivity contribution >= 4 is 28.6 Å². The number of carboxylic acids is 1. The molecule has 0 amide bonds. The number of fused-ring (bicyclic) bond motifs is 1. The lowest BCUT2D eigenvalue weighted by molar-refractivity contribution is 0.0692. The van der Waals surface area contributed by atoms with Gasteiger partial charge in [-0.15, -0.1) is 0 Å². The van der Waals surface area contributed by atoms with E-state index in [1.807, 2.05) is 6.07 Å². The van der Waals surface area contributed by atoms with Gasteiger partial charge in [-0.3, -0.25) is 0 Å². The van der Waals surface area contributed by atoms with Crippen LogP contribution in [0.1, 0.15) is 10.5 Å². The Morgan fingerprint density at radius 3 is 3.00 bits per heavy atom. The first-order valence-corrected chi connectivity index (χ1v) is 5.84. The second-order valence-corrected chi connectivity index (χ2v) is 4.50. The first kappa shape index (κ1) is 11.7. The fourth-order valence-corrected chi connectivity index (χ4v) is 2.18. The number of hydrogen-bond donors (Lipinski definition) is 2. The second kappa shape index (κ2) is 4.10. The number of hydrogen-bond acceptors (Lipinski definition) is 3.